The fourth-order valence-electron chi connectivity index (χ4n) is 0.971. The average molecular weight is 178 g/mol. The fourth-order valence-corrected chi connectivity index (χ4v) is 0.971. The maximum atomic E-state index is 10.7. The van der Waals surface area contributed by atoms with Crippen molar-refractivity contribution >= 4 is 23.7 Å². The molecule has 0 aliphatic heterocycles. The zero-order chi connectivity index (χ0) is 9.68. The van der Waals surface area contributed by atoms with E-state index in [1.807, 2.05) is 0 Å². The quantitative estimate of drug-likeness (QED) is 0.683. The first-order valence-electron chi connectivity index (χ1n) is 3.81. The number of hydrogen-bond acceptors (Lipinski definition) is 2. The van der Waals surface area contributed by atoms with E-state index in [1.54, 1.807) is 24.3 Å². The molecule has 2 N–H and O–H groups in total. The molecule has 1 aromatic rings. The number of para-hydroxylation sites is 2. The molecule has 0 aliphatic carbocycles. The van der Waals surface area contributed by atoms with Gasteiger partial charge in [0.05, 0.1) is 11.4 Å². The highest BCUT2D eigenvalue weighted by molar-refractivity contribution is 5.94. The molecule has 0 spiro atoms. The summed E-state index contributed by atoms with van der Waals surface area (Å²) >= 11 is 0. The van der Waals surface area contributed by atoms with Crippen LogP contribution in [0.5, 0.6) is 0 Å². The van der Waals surface area contributed by atoms with Gasteiger partial charge < -0.3 is 10.6 Å². The Kier molecular flexibility index (Phi) is 3.03. The van der Waals surface area contributed by atoms with Crippen molar-refractivity contribution in [2.45, 2.75) is 6.92 Å². The Bertz CT molecular complexity index is 323. The van der Waals surface area contributed by atoms with Crippen molar-refractivity contribution in [2.24, 2.45) is 0 Å². The van der Waals surface area contributed by atoms with Crippen LogP contribution >= 0.6 is 0 Å². The maximum absolute atomic E-state index is 10.7. The van der Waals surface area contributed by atoms with Gasteiger partial charge in [-0.25, -0.2) is 0 Å². The van der Waals surface area contributed by atoms with Crippen molar-refractivity contribution in [3.05, 3.63) is 24.3 Å². The number of anilines is 2. The van der Waals surface area contributed by atoms with Crippen LogP contribution in [-0.2, 0) is 9.59 Å². The number of amides is 2. The van der Waals surface area contributed by atoms with Gasteiger partial charge in [0, 0.05) is 6.92 Å². The van der Waals surface area contributed by atoms with Crippen molar-refractivity contribution in [1.29, 1.82) is 0 Å². The standard InChI is InChI=1S/C9H10N2O2/c1-7(13)11-9-5-3-2-4-8(9)10-6-12/h2-6H,1H3,(H,10,12)(H,11,13). The van der Waals surface area contributed by atoms with Crippen LogP contribution in [0.3, 0.4) is 0 Å². The second kappa shape index (κ2) is 4.25. The van der Waals surface area contributed by atoms with E-state index in [-0.39, 0.29) is 5.91 Å². The molecule has 1 rings (SSSR count). The summed E-state index contributed by atoms with van der Waals surface area (Å²) in [5, 5.41) is 5.08. The molecular formula is C9H10N2O2. The molecule has 0 radical (unpaired) electrons. The van der Waals surface area contributed by atoms with E-state index in [9.17, 15) is 9.59 Å². The summed E-state index contributed by atoms with van der Waals surface area (Å²) < 4.78 is 0. The molecule has 2 amide bonds. The van der Waals surface area contributed by atoms with E-state index < -0.39 is 0 Å². The van der Waals surface area contributed by atoms with Crippen LogP contribution in [-0.4, -0.2) is 12.3 Å². The Morgan fingerprint density at radius 2 is 1.92 bits per heavy atom. The SMILES string of the molecule is CC(=O)Nc1ccccc1NC=O. The summed E-state index contributed by atoms with van der Waals surface area (Å²) in [7, 11) is 0. The van der Waals surface area contributed by atoms with Crippen LogP contribution in [0.25, 0.3) is 0 Å². The summed E-state index contributed by atoms with van der Waals surface area (Å²) in [6, 6.07) is 6.98. The molecule has 4 heteroatoms. The van der Waals surface area contributed by atoms with Crippen LogP contribution in [0.4, 0.5) is 11.4 Å². The molecule has 0 heterocycles. The zero-order valence-corrected chi connectivity index (χ0v) is 7.20. The van der Waals surface area contributed by atoms with E-state index in [4.69, 9.17) is 0 Å². The third-order valence-electron chi connectivity index (χ3n) is 1.45. The molecule has 4 nitrogen and oxygen atoms in total. The van der Waals surface area contributed by atoms with Gasteiger partial charge in [-0.05, 0) is 12.1 Å². The lowest BCUT2D eigenvalue weighted by Gasteiger charge is -2.07. The lowest BCUT2D eigenvalue weighted by atomic mass is 10.2. The predicted octanol–water partition coefficient (Wildman–Crippen LogP) is 1.21. The minimum atomic E-state index is -0.167. The van der Waals surface area contributed by atoms with Crippen LogP contribution in [0.2, 0.25) is 0 Å². The molecule has 0 saturated carbocycles. The maximum Gasteiger partial charge on any atom is 0.221 e. The molecule has 0 aromatic heterocycles. The van der Waals surface area contributed by atoms with E-state index in [1.165, 1.54) is 6.92 Å². The van der Waals surface area contributed by atoms with Crippen molar-refractivity contribution in [3.63, 3.8) is 0 Å². The summed E-state index contributed by atoms with van der Waals surface area (Å²) in [6.45, 7) is 1.41. The Morgan fingerprint density at radius 1 is 1.31 bits per heavy atom. The van der Waals surface area contributed by atoms with E-state index in [0.29, 0.717) is 17.8 Å². The molecule has 68 valence electrons. The molecule has 0 saturated heterocycles. The third-order valence-corrected chi connectivity index (χ3v) is 1.45. The van der Waals surface area contributed by atoms with Crippen LogP contribution in [0.15, 0.2) is 24.3 Å². The first-order chi connectivity index (χ1) is 6.24. The molecule has 0 aliphatic rings. The molecule has 1 aromatic carbocycles. The molecule has 0 atom stereocenters. The molecular weight excluding hydrogens is 168 g/mol. The normalized spacial score (nSPS) is 9.00. The summed E-state index contributed by atoms with van der Waals surface area (Å²) in [4.78, 5) is 20.9. The highest BCUT2D eigenvalue weighted by Crippen LogP contribution is 2.19. The fraction of sp³-hybridized carbons (Fsp3) is 0.111. The van der Waals surface area contributed by atoms with Crippen LogP contribution in [0.1, 0.15) is 6.92 Å². The Balaban J connectivity index is 2.90. The number of carbonyl (C=O) groups is 2. The van der Waals surface area contributed by atoms with Gasteiger partial charge in [-0.1, -0.05) is 12.1 Å². The Morgan fingerprint density at radius 3 is 2.46 bits per heavy atom. The number of hydrogen-bond donors (Lipinski definition) is 2. The smallest absolute Gasteiger partial charge is 0.221 e. The van der Waals surface area contributed by atoms with Gasteiger partial charge in [-0.2, -0.15) is 0 Å². The molecule has 0 unspecified atom stereocenters. The van der Waals surface area contributed by atoms with Crippen molar-refractivity contribution < 1.29 is 9.59 Å². The van der Waals surface area contributed by atoms with Crippen LogP contribution in [0, 0.1) is 0 Å². The largest absolute Gasteiger partial charge is 0.327 e. The number of nitrogens with one attached hydrogen (secondary N) is 2. The monoisotopic (exact) mass is 178 g/mol. The number of rotatable bonds is 3. The van der Waals surface area contributed by atoms with E-state index >= 15 is 0 Å². The van der Waals surface area contributed by atoms with Gasteiger partial charge in [-0.3, -0.25) is 9.59 Å². The minimum Gasteiger partial charge on any atom is -0.327 e. The van der Waals surface area contributed by atoms with Gasteiger partial charge in [-0.15, -0.1) is 0 Å². The van der Waals surface area contributed by atoms with Crippen molar-refractivity contribution in [2.75, 3.05) is 10.6 Å². The van der Waals surface area contributed by atoms with Crippen molar-refractivity contribution in [3.8, 4) is 0 Å². The highest BCUT2D eigenvalue weighted by Gasteiger charge is 2.00. The highest BCUT2D eigenvalue weighted by atomic mass is 16.1. The lowest BCUT2D eigenvalue weighted by Crippen LogP contribution is -2.08. The van der Waals surface area contributed by atoms with Gasteiger partial charge >= 0.3 is 0 Å². The summed E-state index contributed by atoms with van der Waals surface area (Å²) in [5.41, 5.74) is 1.19. The van der Waals surface area contributed by atoms with Gasteiger partial charge in [0.1, 0.15) is 0 Å². The summed E-state index contributed by atoms with van der Waals surface area (Å²) in [6.07, 6.45) is 0.570. The molecule has 0 fully saturated rings. The van der Waals surface area contributed by atoms with Gasteiger partial charge in [0.2, 0.25) is 12.3 Å². The van der Waals surface area contributed by atoms with Gasteiger partial charge in [0.25, 0.3) is 0 Å². The molecule has 0 bridgehead atoms. The third kappa shape index (κ3) is 2.59. The van der Waals surface area contributed by atoms with E-state index in [2.05, 4.69) is 10.6 Å². The lowest BCUT2D eigenvalue weighted by molar-refractivity contribution is -0.114. The molecule has 13 heavy (non-hydrogen) atoms. The number of benzene rings is 1. The Labute approximate surface area is 75.9 Å². The Hall–Kier alpha value is -1.84. The van der Waals surface area contributed by atoms with Crippen molar-refractivity contribution in [1.82, 2.24) is 0 Å². The van der Waals surface area contributed by atoms with Gasteiger partial charge in [0.15, 0.2) is 0 Å². The van der Waals surface area contributed by atoms with E-state index in [0.717, 1.165) is 0 Å². The minimum absolute atomic E-state index is 0.167. The zero-order valence-electron chi connectivity index (χ0n) is 7.20. The average Bonchev–Trinajstić information content (AvgIpc) is 2.08. The first kappa shape index (κ1) is 9.25. The second-order valence-corrected chi connectivity index (χ2v) is 2.49. The topological polar surface area (TPSA) is 58.2 Å². The van der Waals surface area contributed by atoms with Crippen LogP contribution < -0.4 is 10.6 Å². The predicted molar refractivity (Wildman–Crippen MR) is 50.4 cm³/mol. The first-order valence-corrected chi connectivity index (χ1v) is 3.81. The number of carbonyl (C=O) groups excluding carboxylic acids is 2. The summed E-state index contributed by atoms with van der Waals surface area (Å²) in [5.74, 6) is -0.167. The second-order valence-electron chi connectivity index (χ2n) is 2.49.